The molecule has 0 radical (unpaired) electrons. The number of aliphatic hydroxyl groups is 1. The lowest BCUT2D eigenvalue weighted by Crippen LogP contribution is -2.15. The first-order valence-corrected chi connectivity index (χ1v) is 5.93. The van der Waals surface area contributed by atoms with Crippen LogP contribution in [0.4, 0.5) is 0 Å². The first-order valence-electron chi connectivity index (χ1n) is 5.93. The second kappa shape index (κ2) is 8.44. The molecule has 18 heavy (non-hydrogen) atoms. The summed E-state index contributed by atoms with van der Waals surface area (Å²) in [5.74, 6) is -0.357. The van der Waals surface area contributed by atoms with E-state index in [-0.39, 0.29) is 12.6 Å². The van der Waals surface area contributed by atoms with Crippen LogP contribution >= 0.6 is 0 Å². The summed E-state index contributed by atoms with van der Waals surface area (Å²) in [6, 6.07) is 7.90. The van der Waals surface area contributed by atoms with E-state index in [9.17, 15) is 4.79 Å². The minimum absolute atomic E-state index is 0.213. The molecule has 1 aromatic rings. The molecule has 0 fully saturated rings. The predicted octanol–water partition coefficient (Wildman–Crippen LogP) is 1.34. The molecule has 0 saturated heterocycles. The van der Waals surface area contributed by atoms with Gasteiger partial charge in [0.15, 0.2) is 0 Å². The third-order valence-electron chi connectivity index (χ3n) is 2.43. The van der Waals surface area contributed by atoms with Crippen LogP contribution in [0.25, 0.3) is 6.08 Å². The molecule has 0 amide bonds. The largest absolute Gasteiger partial charge is 0.466 e. The van der Waals surface area contributed by atoms with Gasteiger partial charge in [-0.15, -0.1) is 0 Å². The summed E-state index contributed by atoms with van der Waals surface area (Å²) in [5, 5.41) is 11.9. The Bertz CT molecular complexity index is 385. The number of hydrogen-bond acceptors (Lipinski definition) is 4. The molecule has 0 atom stereocenters. The average molecular weight is 249 g/mol. The highest BCUT2D eigenvalue weighted by atomic mass is 16.5. The van der Waals surface area contributed by atoms with E-state index in [1.165, 1.54) is 18.7 Å². The molecule has 0 aliphatic rings. The molecule has 4 heteroatoms. The molecule has 1 rings (SSSR count). The number of aliphatic hydroxyl groups excluding tert-OH is 1. The molecular formula is C14H19NO3. The second-order valence-electron chi connectivity index (χ2n) is 3.85. The van der Waals surface area contributed by atoms with E-state index in [2.05, 4.69) is 10.1 Å². The van der Waals surface area contributed by atoms with Crippen molar-refractivity contribution in [1.82, 2.24) is 5.32 Å². The van der Waals surface area contributed by atoms with Gasteiger partial charge in [-0.05, 0) is 30.2 Å². The first kappa shape index (κ1) is 14.4. The highest BCUT2D eigenvalue weighted by molar-refractivity contribution is 5.86. The van der Waals surface area contributed by atoms with Crippen molar-refractivity contribution in [2.75, 3.05) is 20.3 Å². The molecule has 98 valence electrons. The summed E-state index contributed by atoms with van der Waals surface area (Å²) in [6.07, 6.45) is 3.88. The fourth-order valence-corrected chi connectivity index (χ4v) is 1.42. The highest BCUT2D eigenvalue weighted by Crippen LogP contribution is 2.06. The summed E-state index contributed by atoms with van der Waals surface area (Å²) in [5.41, 5.74) is 2.13. The van der Waals surface area contributed by atoms with Crippen molar-refractivity contribution in [2.24, 2.45) is 0 Å². The van der Waals surface area contributed by atoms with Crippen LogP contribution in [-0.4, -0.2) is 31.3 Å². The zero-order valence-corrected chi connectivity index (χ0v) is 10.6. The monoisotopic (exact) mass is 249 g/mol. The molecule has 2 N–H and O–H groups in total. The SMILES string of the molecule is COC(=O)/C=C/c1ccc(CNCCCO)cc1. The van der Waals surface area contributed by atoms with Crippen LogP contribution in [0.15, 0.2) is 30.3 Å². The van der Waals surface area contributed by atoms with E-state index in [1.807, 2.05) is 24.3 Å². The molecule has 0 unspecified atom stereocenters. The molecule has 0 bridgehead atoms. The van der Waals surface area contributed by atoms with Crippen LogP contribution in [0.3, 0.4) is 0 Å². The summed E-state index contributed by atoms with van der Waals surface area (Å²) >= 11 is 0. The Morgan fingerprint density at radius 2 is 2.11 bits per heavy atom. The van der Waals surface area contributed by atoms with E-state index in [4.69, 9.17) is 5.11 Å². The van der Waals surface area contributed by atoms with Crippen molar-refractivity contribution in [3.05, 3.63) is 41.5 Å². The van der Waals surface area contributed by atoms with Crippen LogP contribution in [0.1, 0.15) is 17.5 Å². The summed E-state index contributed by atoms with van der Waals surface area (Å²) in [4.78, 5) is 10.9. The molecule has 0 aliphatic carbocycles. The molecular weight excluding hydrogens is 230 g/mol. The lowest BCUT2D eigenvalue weighted by atomic mass is 10.1. The summed E-state index contributed by atoms with van der Waals surface area (Å²) < 4.78 is 4.52. The van der Waals surface area contributed by atoms with Gasteiger partial charge < -0.3 is 15.2 Å². The van der Waals surface area contributed by atoms with Gasteiger partial charge in [0.25, 0.3) is 0 Å². The fraction of sp³-hybridized carbons (Fsp3) is 0.357. The Morgan fingerprint density at radius 3 is 2.72 bits per heavy atom. The lowest BCUT2D eigenvalue weighted by molar-refractivity contribution is -0.134. The predicted molar refractivity (Wildman–Crippen MR) is 70.9 cm³/mol. The number of benzene rings is 1. The van der Waals surface area contributed by atoms with Gasteiger partial charge in [-0.1, -0.05) is 24.3 Å². The lowest BCUT2D eigenvalue weighted by Gasteiger charge is -2.04. The van der Waals surface area contributed by atoms with E-state index in [0.29, 0.717) is 0 Å². The van der Waals surface area contributed by atoms with Crippen molar-refractivity contribution in [1.29, 1.82) is 0 Å². The molecule has 1 aromatic carbocycles. The van der Waals surface area contributed by atoms with Gasteiger partial charge in [0.05, 0.1) is 7.11 Å². The van der Waals surface area contributed by atoms with E-state index < -0.39 is 0 Å². The number of hydrogen-bond donors (Lipinski definition) is 2. The zero-order chi connectivity index (χ0) is 13.2. The van der Waals surface area contributed by atoms with Crippen LogP contribution in [0, 0.1) is 0 Å². The van der Waals surface area contributed by atoms with E-state index in [0.717, 1.165) is 25.1 Å². The van der Waals surface area contributed by atoms with Crippen LogP contribution in [-0.2, 0) is 16.1 Å². The summed E-state index contributed by atoms with van der Waals surface area (Å²) in [7, 11) is 1.35. The van der Waals surface area contributed by atoms with Gasteiger partial charge in [0.1, 0.15) is 0 Å². The second-order valence-corrected chi connectivity index (χ2v) is 3.85. The molecule has 0 aliphatic heterocycles. The number of methoxy groups -OCH3 is 1. The minimum atomic E-state index is -0.357. The molecule has 0 saturated carbocycles. The highest BCUT2D eigenvalue weighted by Gasteiger charge is 1.94. The normalized spacial score (nSPS) is 10.8. The molecule has 4 nitrogen and oxygen atoms in total. The maximum Gasteiger partial charge on any atom is 0.330 e. The van der Waals surface area contributed by atoms with Gasteiger partial charge in [0, 0.05) is 19.2 Å². The van der Waals surface area contributed by atoms with E-state index in [1.54, 1.807) is 6.08 Å². The molecule has 0 aromatic heterocycles. The number of carbonyl (C=O) groups excluding carboxylic acids is 1. The number of nitrogens with one attached hydrogen (secondary N) is 1. The minimum Gasteiger partial charge on any atom is -0.466 e. The van der Waals surface area contributed by atoms with Crippen molar-refractivity contribution in [2.45, 2.75) is 13.0 Å². The quantitative estimate of drug-likeness (QED) is 0.435. The van der Waals surface area contributed by atoms with Gasteiger partial charge in [-0.3, -0.25) is 0 Å². The van der Waals surface area contributed by atoms with Gasteiger partial charge in [-0.25, -0.2) is 4.79 Å². The number of carbonyl (C=O) groups is 1. The van der Waals surface area contributed by atoms with Crippen LogP contribution in [0.2, 0.25) is 0 Å². The summed E-state index contributed by atoms with van der Waals surface area (Å²) in [6.45, 7) is 1.80. The Hall–Kier alpha value is -1.65. The number of esters is 1. The first-order chi connectivity index (χ1) is 8.76. The number of rotatable bonds is 7. The Labute approximate surface area is 107 Å². The Kier molecular flexibility index (Phi) is 6.76. The van der Waals surface area contributed by atoms with Crippen molar-refractivity contribution >= 4 is 12.0 Å². The Morgan fingerprint density at radius 1 is 1.39 bits per heavy atom. The van der Waals surface area contributed by atoms with Crippen molar-refractivity contribution in [3.63, 3.8) is 0 Å². The van der Waals surface area contributed by atoms with Gasteiger partial charge in [0.2, 0.25) is 0 Å². The van der Waals surface area contributed by atoms with E-state index >= 15 is 0 Å². The molecule has 0 spiro atoms. The smallest absolute Gasteiger partial charge is 0.330 e. The van der Waals surface area contributed by atoms with Crippen LogP contribution in [0.5, 0.6) is 0 Å². The third-order valence-corrected chi connectivity index (χ3v) is 2.43. The van der Waals surface area contributed by atoms with Crippen molar-refractivity contribution in [3.8, 4) is 0 Å². The zero-order valence-electron chi connectivity index (χ0n) is 10.6. The fourth-order valence-electron chi connectivity index (χ4n) is 1.42. The molecule has 0 heterocycles. The topological polar surface area (TPSA) is 58.6 Å². The van der Waals surface area contributed by atoms with Crippen molar-refractivity contribution < 1.29 is 14.6 Å². The number of ether oxygens (including phenoxy) is 1. The standard InChI is InChI=1S/C14H19NO3/c1-18-14(17)8-7-12-3-5-13(6-4-12)11-15-9-2-10-16/h3-8,15-16H,2,9-11H2,1H3/b8-7+. The van der Waals surface area contributed by atoms with Gasteiger partial charge in [-0.2, -0.15) is 0 Å². The maximum absolute atomic E-state index is 10.9. The van der Waals surface area contributed by atoms with Crippen LogP contribution < -0.4 is 5.32 Å². The average Bonchev–Trinajstić information content (AvgIpc) is 2.42. The Balaban J connectivity index is 2.42. The van der Waals surface area contributed by atoms with Gasteiger partial charge >= 0.3 is 5.97 Å². The third kappa shape index (κ3) is 5.61. The maximum atomic E-state index is 10.9.